The van der Waals surface area contributed by atoms with E-state index in [-0.39, 0.29) is 0 Å². The Labute approximate surface area is 91.5 Å². The van der Waals surface area contributed by atoms with E-state index in [4.69, 9.17) is 0 Å². The van der Waals surface area contributed by atoms with Crippen molar-refractivity contribution >= 4 is 11.3 Å². The van der Waals surface area contributed by atoms with Gasteiger partial charge in [0.25, 0.3) is 0 Å². The van der Waals surface area contributed by atoms with Crippen LogP contribution in [0.2, 0.25) is 0 Å². The Bertz CT molecular complexity index is 241. The highest BCUT2D eigenvalue weighted by molar-refractivity contribution is 7.10. The van der Waals surface area contributed by atoms with Crippen LogP contribution < -0.4 is 5.32 Å². The lowest BCUT2D eigenvalue weighted by atomic mass is 10.0. The quantitative estimate of drug-likeness (QED) is 0.780. The molecule has 80 valence electrons. The van der Waals surface area contributed by atoms with Gasteiger partial charge in [-0.15, -0.1) is 11.3 Å². The van der Waals surface area contributed by atoms with Crippen molar-refractivity contribution in [3.05, 3.63) is 22.4 Å². The Hall–Kier alpha value is -0.340. The lowest BCUT2D eigenvalue weighted by Gasteiger charge is -2.20. The SMILES string of the molecule is CC(C)CC(C)N[C@H](C)c1cccs1. The van der Waals surface area contributed by atoms with E-state index in [9.17, 15) is 0 Å². The van der Waals surface area contributed by atoms with Crippen molar-refractivity contribution in [3.8, 4) is 0 Å². The first-order valence-electron chi connectivity index (χ1n) is 5.39. The third-order valence-corrected chi connectivity index (χ3v) is 3.38. The molecule has 0 aliphatic rings. The molecule has 0 saturated heterocycles. The summed E-state index contributed by atoms with van der Waals surface area (Å²) in [7, 11) is 0. The largest absolute Gasteiger partial charge is 0.307 e. The molecule has 1 nitrogen and oxygen atoms in total. The van der Waals surface area contributed by atoms with Crippen molar-refractivity contribution in [1.82, 2.24) is 5.32 Å². The van der Waals surface area contributed by atoms with Crippen LogP contribution in [0.25, 0.3) is 0 Å². The molecule has 0 radical (unpaired) electrons. The Kier molecular flexibility index (Phi) is 4.63. The van der Waals surface area contributed by atoms with Crippen LogP contribution in [0.15, 0.2) is 17.5 Å². The number of thiophene rings is 1. The van der Waals surface area contributed by atoms with Gasteiger partial charge in [0.2, 0.25) is 0 Å². The van der Waals surface area contributed by atoms with E-state index in [1.807, 2.05) is 11.3 Å². The number of rotatable bonds is 5. The molecule has 2 heteroatoms. The van der Waals surface area contributed by atoms with Gasteiger partial charge >= 0.3 is 0 Å². The second-order valence-corrected chi connectivity index (χ2v) is 5.41. The predicted octanol–water partition coefficient (Wildman–Crippen LogP) is 3.83. The lowest BCUT2D eigenvalue weighted by Crippen LogP contribution is -2.29. The first-order valence-corrected chi connectivity index (χ1v) is 6.27. The maximum Gasteiger partial charge on any atom is 0.0388 e. The van der Waals surface area contributed by atoms with Crippen LogP contribution in [-0.2, 0) is 0 Å². The van der Waals surface area contributed by atoms with Crippen LogP contribution in [0.3, 0.4) is 0 Å². The average Bonchev–Trinajstić information content (AvgIpc) is 2.53. The Morgan fingerprint density at radius 3 is 2.50 bits per heavy atom. The fourth-order valence-corrected chi connectivity index (χ4v) is 2.57. The van der Waals surface area contributed by atoms with E-state index in [0.29, 0.717) is 12.1 Å². The van der Waals surface area contributed by atoms with Gasteiger partial charge in [-0.1, -0.05) is 19.9 Å². The molecule has 1 aromatic rings. The van der Waals surface area contributed by atoms with E-state index in [0.717, 1.165) is 5.92 Å². The van der Waals surface area contributed by atoms with Crippen LogP contribution in [0, 0.1) is 5.92 Å². The molecule has 0 saturated carbocycles. The molecular formula is C12H21NS. The van der Waals surface area contributed by atoms with Crippen LogP contribution >= 0.6 is 11.3 Å². The fraction of sp³-hybridized carbons (Fsp3) is 0.667. The molecule has 14 heavy (non-hydrogen) atoms. The molecular weight excluding hydrogens is 190 g/mol. The summed E-state index contributed by atoms with van der Waals surface area (Å²) < 4.78 is 0. The van der Waals surface area contributed by atoms with Crippen LogP contribution in [0.4, 0.5) is 0 Å². The average molecular weight is 211 g/mol. The molecule has 0 aliphatic carbocycles. The summed E-state index contributed by atoms with van der Waals surface area (Å²) in [6.45, 7) is 9.05. The van der Waals surface area contributed by atoms with E-state index in [1.54, 1.807) is 0 Å². The molecule has 1 unspecified atom stereocenters. The molecule has 1 heterocycles. The van der Waals surface area contributed by atoms with E-state index >= 15 is 0 Å². The van der Waals surface area contributed by atoms with Crippen molar-refractivity contribution < 1.29 is 0 Å². The topological polar surface area (TPSA) is 12.0 Å². The maximum atomic E-state index is 3.62. The summed E-state index contributed by atoms with van der Waals surface area (Å²) in [4.78, 5) is 1.43. The first-order chi connectivity index (χ1) is 6.59. The van der Waals surface area contributed by atoms with Gasteiger partial charge in [0.05, 0.1) is 0 Å². The fourth-order valence-electron chi connectivity index (χ4n) is 1.82. The molecule has 0 aliphatic heterocycles. The summed E-state index contributed by atoms with van der Waals surface area (Å²) in [5, 5.41) is 5.76. The summed E-state index contributed by atoms with van der Waals surface area (Å²) in [6, 6.07) is 5.41. The van der Waals surface area contributed by atoms with Crippen molar-refractivity contribution in [3.63, 3.8) is 0 Å². The number of nitrogens with one attached hydrogen (secondary N) is 1. The number of hydrogen-bond donors (Lipinski definition) is 1. The van der Waals surface area contributed by atoms with Crippen LogP contribution in [-0.4, -0.2) is 6.04 Å². The number of hydrogen-bond acceptors (Lipinski definition) is 2. The standard InChI is InChI=1S/C12H21NS/c1-9(2)8-10(3)13-11(4)12-6-5-7-14-12/h5-7,9-11,13H,8H2,1-4H3/t10?,11-/m1/s1. The lowest BCUT2D eigenvalue weighted by molar-refractivity contribution is 0.409. The molecule has 2 atom stereocenters. The van der Waals surface area contributed by atoms with Gasteiger partial charge in [-0.25, -0.2) is 0 Å². The van der Waals surface area contributed by atoms with Crippen LogP contribution in [0.5, 0.6) is 0 Å². The molecule has 0 spiro atoms. The Balaban J connectivity index is 2.37. The zero-order valence-electron chi connectivity index (χ0n) is 9.58. The van der Waals surface area contributed by atoms with Gasteiger partial charge in [0, 0.05) is 17.0 Å². The third-order valence-electron chi connectivity index (χ3n) is 2.33. The van der Waals surface area contributed by atoms with Crippen molar-refractivity contribution in [1.29, 1.82) is 0 Å². The Morgan fingerprint density at radius 2 is 2.00 bits per heavy atom. The van der Waals surface area contributed by atoms with Gasteiger partial charge in [-0.05, 0) is 37.6 Å². The monoisotopic (exact) mass is 211 g/mol. The smallest absolute Gasteiger partial charge is 0.0388 e. The maximum absolute atomic E-state index is 3.62. The third kappa shape index (κ3) is 3.81. The highest BCUT2D eigenvalue weighted by Gasteiger charge is 2.10. The van der Waals surface area contributed by atoms with Crippen molar-refractivity contribution in [2.24, 2.45) is 5.92 Å². The second kappa shape index (κ2) is 5.52. The van der Waals surface area contributed by atoms with E-state index < -0.39 is 0 Å². The summed E-state index contributed by atoms with van der Waals surface area (Å²) in [5.41, 5.74) is 0. The summed E-state index contributed by atoms with van der Waals surface area (Å²) in [6.07, 6.45) is 1.25. The second-order valence-electron chi connectivity index (χ2n) is 4.43. The first kappa shape index (κ1) is 11.7. The van der Waals surface area contributed by atoms with Gasteiger partial charge in [-0.2, -0.15) is 0 Å². The normalized spacial score (nSPS) is 15.8. The van der Waals surface area contributed by atoms with Gasteiger partial charge in [0.1, 0.15) is 0 Å². The molecule has 0 amide bonds. The zero-order valence-corrected chi connectivity index (χ0v) is 10.4. The van der Waals surface area contributed by atoms with E-state index in [2.05, 4.69) is 50.5 Å². The summed E-state index contributed by atoms with van der Waals surface area (Å²) in [5.74, 6) is 0.771. The molecule has 1 N–H and O–H groups in total. The highest BCUT2D eigenvalue weighted by Crippen LogP contribution is 2.19. The van der Waals surface area contributed by atoms with E-state index in [1.165, 1.54) is 11.3 Å². The minimum Gasteiger partial charge on any atom is -0.307 e. The molecule has 0 bridgehead atoms. The minimum atomic E-state index is 0.490. The van der Waals surface area contributed by atoms with Crippen molar-refractivity contribution in [2.45, 2.75) is 46.2 Å². The highest BCUT2D eigenvalue weighted by atomic mass is 32.1. The zero-order chi connectivity index (χ0) is 10.6. The van der Waals surface area contributed by atoms with Gasteiger partial charge in [-0.3, -0.25) is 0 Å². The molecule has 0 aromatic carbocycles. The van der Waals surface area contributed by atoms with Crippen molar-refractivity contribution in [2.75, 3.05) is 0 Å². The molecule has 1 aromatic heterocycles. The minimum absolute atomic E-state index is 0.490. The van der Waals surface area contributed by atoms with Gasteiger partial charge in [0.15, 0.2) is 0 Å². The molecule has 1 rings (SSSR count). The van der Waals surface area contributed by atoms with Crippen LogP contribution in [0.1, 0.15) is 45.0 Å². The Morgan fingerprint density at radius 1 is 1.29 bits per heavy atom. The summed E-state index contributed by atoms with van der Waals surface area (Å²) >= 11 is 1.83. The molecule has 0 fully saturated rings. The predicted molar refractivity (Wildman–Crippen MR) is 64.8 cm³/mol. The van der Waals surface area contributed by atoms with Gasteiger partial charge < -0.3 is 5.32 Å².